The zero-order valence-corrected chi connectivity index (χ0v) is 18.3. The van der Waals surface area contributed by atoms with Gasteiger partial charge in [-0.3, -0.25) is 9.48 Å². The second-order valence-corrected chi connectivity index (χ2v) is 8.19. The third kappa shape index (κ3) is 3.73. The Morgan fingerprint density at radius 1 is 0.794 bits per heavy atom. The molecule has 0 aliphatic rings. The molecule has 0 atom stereocenters. The van der Waals surface area contributed by atoms with Gasteiger partial charge in [0.2, 0.25) is 0 Å². The Balaban J connectivity index is 1.29. The van der Waals surface area contributed by atoms with Crippen LogP contribution in [-0.4, -0.2) is 15.7 Å². The van der Waals surface area contributed by atoms with Crippen LogP contribution in [-0.2, 0) is 6.54 Å². The van der Waals surface area contributed by atoms with Gasteiger partial charge in [0.1, 0.15) is 5.69 Å². The van der Waals surface area contributed by atoms with E-state index in [1.54, 1.807) is 12.1 Å². The van der Waals surface area contributed by atoms with E-state index in [0.29, 0.717) is 12.3 Å². The van der Waals surface area contributed by atoms with E-state index in [0.717, 1.165) is 38.6 Å². The molecule has 5 nitrogen and oxygen atoms in total. The summed E-state index contributed by atoms with van der Waals surface area (Å²) in [6, 6.07) is 35.6. The molecular weight excluding hydrogens is 422 g/mol. The Labute approximate surface area is 196 Å². The molecule has 0 saturated carbocycles. The summed E-state index contributed by atoms with van der Waals surface area (Å²) in [5.41, 5.74) is 3.62. The van der Waals surface area contributed by atoms with Crippen LogP contribution in [0.3, 0.4) is 0 Å². The first kappa shape index (κ1) is 20.0. The monoisotopic (exact) mass is 443 g/mol. The van der Waals surface area contributed by atoms with Gasteiger partial charge in [-0.25, -0.2) is 0 Å². The standard InChI is InChI=1S/C29H21N3O2/c33-29(30-23-15-14-21-10-4-5-11-22(21)18-23)27-17-16-26(34-27)28-24-12-6-7-13-25(24)32(31-28)19-20-8-2-1-3-9-20/h1-18H,19H2,(H,30,33). The topological polar surface area (TPSA) is 60.1 Å². The number of hydrogen-bond acceptors (Lipinski definition) is 3. The molecule has 0 spiro atoms. The van der Waals surface area contributed by atoms with Crippen LogP contribution in [0.2, 0.25) is 0 Å². The van der Waals surface area contributed by atoms with Crippen LogP contribution in [0, 0.1) is 0 Å². The Hall–Kier alpha value is -4.64. The summed E-state index contributed by atoms with van der Waals surface area (Å²) < 4.78 is 7.94. The van der Waals surface area contributed by atoms with Crippen LogP contribution in [0.15, 0.2) is 114 Å². The fourth-order valence-electron chi connectivity index (χ4n) is 4.23. The first-order valence-corrected chi connectivity index (χ1v) is 11.1. The number of para-hydroxylation sites is 1. The van der Waals surface area contributed by atoms with Crippen LogP contribution >= 0.6 is 0 Å². The van der Waals surface area contributed by atoms with E-state index in [1.807, 2.05) is 89.6 Å². The Kier molecular flexibility index (Phi) is 4.92. The third-order valence-corrected chi connectivity index (χ3v) is 5.90. The molecule has 4 aromatic carbocycles. The lowest BCUT2D eigenvalue weighted by Crippen LogP contribution is -2.10. The highest BCUT2D eigenvalue weighted by molar-refractivity contribution is 6.04. The van der Waals surface area contributed by atoms with Crippen molar-refractivity contribution in [3.63, 3.8) is 0 Å². The van der Waals surface area contributed by atoms with E-state index >= 15 is 0 Å². The summed E-state index contributed by atoms with van der Waals surface area (Å²) in [4.78, 5) is 12.9. The average Bonchev–Trinajstić information content (AvgIpc) is 3.50. The molecule has 6 aromatic rings. The first-order valence-electron chi connectivity index (χ1n) is 11.1. The maximum absolute atomic E-state index is 12.9. The molecular formula is C29H21N3O2. The molecule has 0 fully saturated rings. The smallest absolute Gasteiger partial charge is 0.291 e. The van der Waals surface area contributed by atoms with Gasteiger partial charge >= 0.3 is 0 Å². The molecule has 0 aliphatic heterocycles. The van der Waals surface area contributed by atoms with Crippen LogP contribution < -0.4 is 5.32 Å². The van der Waals surface area contributed by atoms with Gasteiger partial charge in [0.05, 0.1) is 12.1 Å². The minimum absolute atomic E-state index is 0.241. The number of nitrogens with one attached hydrogen (secondary N) is 1. The molecule has 2 heterocycles. The largest absolute Gasteiger partial charge is 0.449 e. The molecule has 34 heavy (non-hydrogen) atoms. The van der Waals surface area contributed by atoms with Gasteiger partial charge in [-0.1, -0.05) is 78.9 Å². The van der Waals surface area contributed by atoms with Crippen molar-refractivity contribution in [1.29, 1.82) is 0 Å². The number of amides is 1. The predicted molar refractivity (Wildman–Crippen MR) is 135 cm³/mol. The van der Waals surface area contributed by atoms with Gasteiger partial charge in [0, 0.05) is 11.1 Å². The molecule has 0 aliphatic carbocycles. The summed E-state index contributed by atoms with van der Waals surface area (Å²) >= 11 is 0. The van der Waals surface area contributed by atoms with E-state index in [2.05, 4.69) is 17.4 Å². The number of aromatic nitrogens is 2. The van der Waals surface area contributed by atoms with Crippen molar-refractivity contribution in [2.24, 2.45) is 0 Å². The second-order valence-electron chi connectivity index (χ2n) is 8.19. The summed E-state index contributed by atoms with van der Waals surface area (Å²) in [7, 11) is 0. The van der Waals surface area contributed by atoms with Gasteiger partial charge in [-0.15, -0.1) is 0 Å². The lowest BCUT2D eigenvalue weighted by Gasteiger charge is -2.05. The highest BCUT2D eigenvalue weighted by Gasteiger charge is 2.18. The number of nitrogens with zero attached hydrogens (tertiary/aromatic N) is 2. The number of fused-ring (bicyclic) bond motifs is 2. The molecule has 2 aromatic heterocycles. The molecule has 5 heteroatoms. The van der Waals surface area contributed by atoms with Gasteiger partial charge in [0.15, 0.2) is 11.5 Å². The van der Waals surface area contributed by atoms with Crippen molar-refractivity contribution < 1.29 is 9.21 Å². The van der Waals surface area contributed by atoms with E-state index in [-0.39, 0.29) is 11.7 Å². The number of anilines is 1. The zero-order chi connectivity index (χ0) is 22.9. The Morgan fingerprint density at radius 3 is 2.44 bits per heavy atom. The van der Waals surface area contributed by atoms with Crippen molar-refractivity contribution in [2.75, 3.05) is 5.32 Å². The zero-order valence-electron chi connectivity index (χ0n) is 18.3. The molecule has 0 saturated heterocycles. The predicted octanol–water partition coefficient (Wildman–Crippen LogP) is 6.75. The third-order valence-electron chi connectivity index (χ3n) is 5.90. The molecule has 6 rings (SSSR count). The maximum Gasteiger partial charge on any atom is 0.291 e. The van der Waals surface area contributed by atoms with Crippen molar-refractivity contribution >= 4 is 33.3 Å². The summed E-state index contributed by atoms with van der Waals surface area (Å²) in [6.45, 7) is 0.650. The van der Waals surface area contributed by atoms with E-state index < -0.39 is 0 Å². The van der Waals surface area contributed by atoms with Crippen molar-refractivity contribution in [3.8, 4) is 11.5 Å². The van der Waals surface area contributed by atoms with Crippen LogP contribution in [0.4, 0.5) is 5.69 Å². The minimum atomic E-state index is -0.297. The molecule has 1 amide bonds. The highest BCUT2D eigenvalue weighted by atomic mass is 16.4. The quantitative estimate of drug-likeness (QED) is 0.321. The highest BCUT2D eigenvalue weighted by Crippen LogP contribution is 2.30. The fraction of sp³-hybridized carbons (Fsp3) is 0.0345. The van der Waals surface area contributed by atoms with E-state index in [4.69, 9.17) is 9.52 Å². The number of benzene rings is 4. The van der Waals surface area contributed by atoms with Crippen LogP contribution in [0.25, 0.3) is 33.1 Å². The molecule has 0 unspecified atom stereocenters. The van der Waals surface area contributed by atoms with Gasteiger partial charge in [-0.05, 0) is 46.7 Å². The number of rotatable bonds is 5. The molecule has 0 bridgehead atoms. The van der Waals surface area contributed by atoms with Crippen molar-refractivity contribution in [1.82, 2.24) is 9.78 Å². The first-order chi connectivity index (χ1) is 16.7. The summed E-state index contributed by atoms with van der Waals surface area (Å²) in [5.74, 6) is 0.506. The van der Waals surface area contributed by atoms with Crippen molar-refractivity contribution in [3.05, 3.63) is 121 Å². The van der Waals surface area contributed by atoms with Gasteiger partial charge < -0.3 is 9.73 Å². The van der Waals surface area contributed by atoms with Crippen molar-refractivity contribution in [2.45, 2.75) is 6.54 Å². The molecule has 1 N–H and O–H groups in total. The van der Waals surface area contributed by atoms with Gasteiger partial charge in [-0.2, -0.15) is 5.10 Å². The number of carbonyl (C=O) groups is 1. The van der Waals surface area contributed by atoms with Crippen LogP contribution in [0.5, 0.6) is 0 Å². The number of furan rings is 1. The summed E-state index contributed by atoms with van der Waals surface area (Å²) in [6.07, 6.45) is 0. The SMILES string of the molecule is O=C(Nc1ccc2ccccc2c1)c1ccc(-c2nn(Cc3ccccc3)c3ccccc23)o1. The van der Waals surface area contributed by atoms with Crippen LogP contribution in [0.1, 0.15) is 16.1 Å². The summed E-state index contributed by atoms with van der Waals surface area (Å²) in [5, 5.41) is 10.9. The number of hydrogen-bond donors (Lipinski definition) is 1. The molecule has 0 radical (unpaired) electrons. The van der Waals surface area contributed by atoms with E-state index in [9.17, 15) is 4.79 Å². The fourth-order valence-corrected chi connectivity index (χ4v) is 4.23. The van der Waals surface area contributed by atoms with Gasteiger partial charge in [0.25, 0.3) is 5.91 Å². The van der Waals surface area contributed by atoms with E-state index in [1.165, 1.54) is 0 Å². The normalized spacial score (nSPS) is 11.2. The molecule has 164 valence electrons. The lowest BCUT2D eigenvalue weighted by atomic mass is 10.1. The second kappa shape index (κ2) is 8.37. The Morgan fingerprint density at radius 2 is 1.56 bits per heavy atom. The Bertz CT molecular complexity index is 1630. The average molecular weight is 444 g/mol. The lowest BCUT2D eigenvalue weighted by molar-refractivity contribution is 0.0997. The number of carbonyl (C=O) groups excluding carboxylic acids is 1. The minimum Gasteiger partial charge on any atom is -0.449 e. The maximum atomic E-state index is 12.9.